The Kier molecular flexibility index (Phi) is 4.03. The minimum absolute atomic E-state index is 0.369. The number of nitrogens with zero attached hydrogens (tertiary/aromatic N) is 1. The second-order valence-electron chi connectivity index (χ2n) is 4.51. The molecule has 7 nitrogen and oxygen atoms in total. The maximum Gasteiger partial charge on any atom is 0.330 e. The van der Waals surface area contributed by atoms with Crippen LogP contribution in [0.4, 0.5) is 4.39 Å². The van der Waals surface area contributed by atoms with Gasteiger partial charge in [0, 0.05) is 19.2 Å². The molecule has 1 saturated heterocycles. The van der Waals surface area contributed by atoms with Crippen LogP contribution in [0.2, 0.25) is 0 Å². The lowest BCUT2D eigenvalue weighted by molar-refractivity contribution is -0.154. The van der Waals surface area contributed by atoms with Gasteiger partial charge in [0.1, 0.15) is 0 Å². The van der Waals surface area contributed by atoms with Crippen molar-refractivity contribution in [2.45, 2.75) is 44.9 Å². The van der Waals surface area contributed by atoms with Crippen molar-refractivity contribution in [1.29, 1.82) is 0 Å². The average Bonchev–Trinajstić information content (AvgIpc) is 2.66. The predicted molar refractivity (Wildman–Crippen MR) is 66.0 cm³/mol. The summed E-state index contributed by atoms with van der Waals surface area (Å²) in [6.45, 7) is 2.87. The number of nitrogens with one attached hydrogen (secondary N) is 1. The van der Waals surface area contributed by atoms with E-state index in [1.54, 1.807) is 6.92 Å². The first-order valence-corrected chi connectivity index (χ1v) is 6.22. The third kappa shape index (κ3) is 2.64. The molecule has 110 valence electrons. The van der Waals surface area contributed by atoms with Gasteiger partial charge in [-0.05, 0) is 6.42 Å². The Balaban J connectivity index is 2.39. The molecule has 0 saturated carbocycles. The normalized spacial score (nSPS) is 29.4. The van der Waals surface area contributed by atoms with Crippen LogP contribution in [0.5, 0.6) is 0 Å². The van der Waals surface area contributed by atoms with E-state index >= 15 is 0 Å². The number of carbonyl (C=O) groups excluding carboxylic acids is 1. The van der Waals surface area contributed by atoms with Crippen molar-refractivity contribution in [3.63, 3.8) is 0 Å². The van der Waals surface area contributed by atoms with Crippen molar-refractivity contribution in [3.8, 4) is 0 Å². The number of rotatable bonds is 3. The summed E-state index contributed by atoms with van der Waals surface area (Å²) in [6.07, 6.45) is -3.07. The summed E-state index contributed by atoms with van der Waals surface area (Å²) in [5, 5.41) is 0. The van der Waals surface area contributed by atoms with Gasteiger partial charge in [-0.25, -0.2) is 9.18 Å². The standard InChI is InChI=1S/C12H15FN2O5/c1-3-7-9(13)10(19-6(2)16)11(20-7)15-5-4-8(17)14-12(15)18/h4-5,7,9-11H,3H2,1-2H3,(H,14,17,18)/t7-,9+,10-,11?/m1/s1. The van der Waals surface area contributed by atoms with Gasteiger partial charge < -0.3 is 9.47 Å². The average molecular weight is 286 g/mol. The van der Waals surface area contributed by atoms with Gasteiger partial charge in [-0.3, -0.25) is 19.1 Å². The molecule has 8 heteroatoms. The minimum Gasteiger partial charge on any atom is -0.454 e. The van der Waals surface area contributed by atoms with Crippen LogP contribution >= 0.6 is 0 Å². The number of hydrogen-bond donors (Lipinski definition) is 1. The quantitative estimate of drug-likeness (QED) is 0.797. The molecule has 0 aliphatic carbocycles. The highest BCUT2D eigenvalue weighted by Gasteiger charge is 2.47. The Morgan fingerprint density at radius 3 is 2.80 bits per heavy atom. The summed E-state index contributed by atoms with van der Waals surface area (Å²) in [7, 11) is 0. The smallest absolute Gasteiger partial charge is 0.330 e. The Bertz CT molecular complexity index is 610. The highest BCUT2D eigenvalue weighted by molar-refractivity contribution is 5.66. The van der Waals surface area contributed by atoms with Crippen molar-refractivity contribution < 1.29 is 18.7 Å². The monoisotopic (exact) mass is 286 g/mol. The Morgan fingerprint density at radius 1 is 1.55 bits per heavy atom. The van der Waals surface area contributed by atoms with Crippen LogP contribution in [0.25, 0.3) is 0 Å². The molecule has 2 rings (SSSR count). The number of hydrogen-bond acceptors (Lipinski definition) is 5. The van der Waals surface area contributed by atoms with E-state index < -0.39 is 41.8 Å². The molecular formula is C12H15FN2O5. The predicted octanol–water partition coefficient (Wildman–Crippen LogP) is 0.114. The second-order valence-corrected chi connectivity index (χ2v) is 4.51. The lowest BCUT2D eigenvalue weighted by Crippen LogP contribution is -2.38. The van der Waals surface area contributed by atoms with Gasteiger partial charge in [0.05, 0.1) is 6.10 Å². The Morgan fingerprint density at radius 2 is 2.25 bits per heavy atom. The van der Waals surface area contributed by atoms with E-state index in [1.165, 1.54) is 6.20 Å². The molecule has 0 bridgehead atoms. The number of esters is 1. The van der Waals surface area contributed by atoms with E-state index in [4.69, 9.17) is 9.47 Å². The number of ether oxygens (including phenoxy) is 2. The zero-order valence-corrected chi connectivity index (χ0v) is 11.0. The summed E-state index contributed by atoms with van der Waals surface area (Å²) < 4.78 is 25.5. The molecule has 1 aromatic rings. The van der Waals surface area contributed by atoms with Crippen LogP contribution in [0.15, 0.2) is 21.9 Å². The molecule has 20 heavy (non-hydrogen) atoms. The van der Waals surface area contributed by atoms with E-state index in [1.807, 2.05) is 4.98 Å². The van der Waals surface area contributed by atoms with Crippen LogP contribution in [-0.4, -0.2) is 33.9 Å². The molecule has 1 unspecified atom stereocenters. The molecular weight excluding hydrogens is 271 g/mol. The number of H-pyrrole nitrogens is 1. The van der Waals surface area contributed by atoms with E-state index in [0.29, 0.717) is 6.42 Å². The Labute approximate surface area is 113 Å². The van der Waals surface area contributed by atoms with Crippen LogP contribution in [0, 0.1) is 0 Å². The van der Waals surface area contributed by atoms with Crippen molar-refractivity contribution >= 4 is 5.97 Å². The zero-order valence-electron chi connectivity index (χ0n) is 11.0. The third-order valence-electron chi connectivity index (χ3n) is 3.09. The van der Waals surface area contributed by atoms with Crippen molar-refractivity contribution in [1.82, 2.24) is 9.55 Å². The lowest BCUT2D eigenvalue weighted by atomic mass is 10.1. The molecule has 0 amide bonds. The fourth-order valence-electron chi connectivity index (χ4n) is 2.19. The van der Waals surface area contributed by atoms with Crippen LogP contribution < -0.4 is 11.2 Å². The summed E-state index contributed by atoms with van der Waals surface area (Å²) in [5.41, 5.74) is -1.32. The summed E-state index contributed by atoms with van der Waals surface area (Å²) in [5.74, 6) is -0.666. The molecule has 1 aliphatic heterocycles. The van der Waals surface area contributed by atoms with E-state index in [0.717, 1.165) is 17.6 Å². The van der Waals surface area contributed by atoms with Crippen LogP contribution in [0.1, 0.15) is 26.5 Å². The third-order valence-corrected chi connectivity index (χ3v) is 3.09. The Hall–Kier alpha value is -1.96. The molecule has 0 aromatic carbocycles. The molecule has 4 atom stereocenters. The fraction of sp³-hybridized carbons (Fsp3) is 0.583. The summed E-state index contributed by atoms with van der Waals surface area (Å²) >= 11 is 0. The second kappa shape index (κ2) is 5.58. The van der Waals surface area contributed by atoms with Crippen molar-refractivity contribution in [2.24, 2.45) is 0 Å². The van der Waals surface area contributed by atoms with Crippen LogP contribution in [-0.2, 0) is 14.3 Å². The molecule has 1 fully saturated rings. The van der Waals surface area contributed by atoms with Gasteiger partial charge in [-0.2, -0.15) is 0 Å². The van der Waals surface area contributed by atoms with E-state index in [9.17, 15) is 18.8 Å². The fourth-order valence-corrected chi connectivity index (χ4v) is 2.19. The topological polar surface area (TPSA) is 90.4 Å². The number of aromatic nitrogens is 2. The van der Waals surface area contributed by atoms with Gasteiger partial charge in [0.2, 0.25) is 0 Å². The number of alkyl halides is 1. The zero-order chi connectivity index (χ0) is 14.9. The number of halogens is 1. The first-order chi connectivity index (χ1) is 9.43. The molecule has 0 spiro atoms. The van der Waals surface area contributed by atoms with Crippen molar-refractivity contribution in [3.05, 3.63) is 33.1 Å². The maximum atomic E-state index is 14.2. The molecule has 1 aliphatic rings. The molecule has 1 aromatic heterocycles. The SMILES string of the molecule is CC[C@H]1OC(n2ccc(=O)[nH]c2=O)[C@H](OC(C)=O)[C@H]1F. The van der Waals surface area contributed by atoms with Gasteiger partial charge >= 0.3 is 11.7 Å². The molecule has 0 radical (unpaired) electrons. The van der Waals surface area contributed by atoms with Crippen molar-refractivity contribution in [2.75, 3.05) is 0 Å². The minimum atomic E-state index is -1.53. The highest BCUT2D eigenvalue weighted by Crippen LogP contribution is 2.34. The lowest BCUT2D eigenvalue weighted by Gasteiger charge is -2.20. The van der Waals surface area contributed by atoms with Gasteiger partial charge in [0.25, 0.3) is 5.56 Å². The highest BCUT2D eigenvalue weighted by atomic mass is 19.1. The summed E-state index contributed by atoms with van der Waals surface area (Å²) in [4.78, 5) is 35.9. The molecule has 1 N–H and O–H groups in total. The van der Waals surface area contributed by atoms with Gasteiger partial charge in [0.15, 0.2) is 18.5 Å². The van der Waals surface area contributed by atoms with E-state index in [-0.39, 0.29) is 0 Å². The summed E-state index contributed by atoms with van der Waals surface area (Å²) in [6, 6.07) is 1.11. The van der Waals surface area contributed by atoms with Crippen LogP contribution in [0.3, 0.4) is 0 Å². The first kappa shape index (κ1) is 14.4. The largest absolute Gasteiger partial charge is 0.454 e. The first-order valence-electron chi connectivity index (χ1n) is 6.22. The molecule has 2 heterocycles. The maximum absolute atomic E-state index is 14.2. The number of carbonyl (C=O) groups is 1. The van der Waals surface area contributed by atoms with Gasteiger partial charge in [-0.15, -0.1) is 0 Å². The van der Waals surface area contributed by atoms with Gasteiger partial charge in [-0.1, -0.05) is 6.92 Å². The number of aromatic amines is 1. The van der Waals surface area contributed by atoms with E-state index in [2.05, 4.69) is 0 Å².